The van der Waals surface area contributed by atoms with Gasteiger partial charge in [0.1, 0.15) is 5.75 Å². The molecule has 0 saturated carbocycles. The number of amides is 2. The number of imide groups is 1. The Hall–Kier alpha value is -3.82. The molecule has 7 nitrogen and oxygen atoms in total. The molecule has 0 radical (unpaired) electrons. The highest BCUT2D eigenvalue weighted by atomic mass is 28.4. The topological polar surface area (TPSA) is 107 Å². The predicted octanol–water partition coefficient (Wildman–Crippen LogP) is 5.83. The molecule has 1 aliphatic heterocycles. The van der Waals surface area contributed by atoms with Gasteiger partial charge in [0.2, 0.25) is 11.8 Å². The highest BCUT2D eigenvalue weighted by Gasteiger charge is 2.55. The monoisotopic (exact) mass is 681 g/mol. The van der Waals surface area contributed by atoms with Crippen LogP contribution < -0.4 is 10.4 Å². The van der Waals surface area contributed by atoms with Gasteiger partial charge in [-0.2, -0.15) is 0 Å². The van der Waals surface area contributed by atoms with Crippen molar-refractivity contribution >= 4 is 36.6 Å². The zero-order chi connectivity index (χ0) is 35.3. The van der Waals surface area contributed by atoms with Crippen LogP contribution in [0, 0.1) is 17.8 Å². The third-order valence-electron chi connectivity index (χ3n) is 10.3. The van der Waals surface area contributed by atoms with Crippen molar-refractivity contribution in [3.8, 4) is 5.75 Å². The number of allylic oxidation sites excluding steroid dienone is 1. The minimum Gasteiger partial charge on any atom is -0.507 e. The van der Waals surface area contributed by atoms with E-state index in [2.05, 4.69) is 45.0 Å². The molecule has 3 aromatic carbocycles. The third kappa shape index (κ3) is 7.24. The summed E-state index contributed by atoms with van der Waals surface area (Å²) in [7, 11) is -2.98. The van der Waals surface area contributed by atoms with Gasteiger partial charge in [0.15, 0.2) is 0 Å². The Kier molecular flexibility index (Phi) is 11.4. The van der Waals surface area contributed by atoms with Crippen LogP contribution in [-0.2, 0) is 14.0 Å². The van der Waals surface area contributed by atoms with E-state index >= 15 is 0 Å². The Labute approximate surface area is 292 Å². The summed E-state index contributed by atoms with van der Waals surface area (Å²) < 4.78 is 7.32. The van der Waals surface area contributed by atoms with Crippen LogP contribution in [0.15, 0.2) is 102 Å². The lowest BCUT2D eigenvalue weighted by Gasteiger charge is -2.44. The number of rotatable bonds is 13. The number of carbonyl (C=O) groups is 2. The molecule has 0 unspecified atom stereocenters. The Balaban J connectivity index is 1.57. The van der Waals surface area contributed by atoms with Crippen molar-refractivity contribution in [2.75, 3.05) is 19.8 Å². The minimum absolute atomic E-state index is 0.168. The van der Waals surface area contributed by atoms with E-state index in [-0.39, 0.29) is 35.8 Å². The Morgan fingerprint density at radius 3 is 2.10 bits per heavy atom. The number of aliphatic hydroxyl groups excluding tert-OH is 2. The first-order valence-corrected chi connectivity index (χ1v) is 19.4. The number of carbonyl (C=O) groups excluding carboxylic acids is 2. The number of phenols is 1. The zero-order valence-corrected chi connectivity index (χ0v) is 30.4. The smallest absolute Gasteiger partial charge is 0.261 e. The number of para-hydroxylation sites is 1. The van der Waals surface area contributed by atoms with E-state index in [0.29, 0.717) is 43.4 Å². The quantitative estimate of drug-likeness (QED) is 0.119. The Morgan fingerprint density at radius 2 is 1.55 bits per heavy atom. The van der Waals surface area contributed by atoms with Gasteiger partial charge >= 0.3 is 0 Å². The molecule has 1 saturated heterocycles. The molecule has 0 aromatic heterocycles. The first-order valence-electron chi connectivity index (χ1n) is 17.5. The van der Waals surface area contributed by atoms with Crippen LogP contribution in [0.3, 0.4) is 0 Å². The van der Waals surface area contributed by atoms with Crippen molar-refractivity contribution in [2.45, 2.75) is 71.4 Å². The average Bonchev–Trinajstić information content (AvgIpc) is 3.32. The lowest BCUT2D eigenvalue weighted by atomic mass is 9.68. The lowest BCUT2D eigenvalue weighted by Crippen LogP contribution is -2.66. The minimum atomic E-state index is -2.98. The van der Waals surface area contributed by atoms with E-state index in [1.54, 1.807) is 12.1 Å². The molecule has 5 rings (SSSR count). The molecule has 2 aliphatic rings. The van der Waals surface area contributed by atoms with E-state index in [4.69, 9.17) is 4.43 Å². The summed E-state index contributed by atoms with van der Waals surface area (Å²) >= 11 is 0. The highest BCUT2D eigenvalue weighted by Crippen LogP contribution is 2.47. The maximum Gasteiger partial charge on any atom is 0.261 e. The predicted molar refractivity (Wildman–Crippen MR) is 197 cm³/mol. The molecule has 0 spiro atoms. The second-order valence-electron chi connectivity index (χ2n) is 14.6. The SMILES string of the molecule is CCCN1C(=O)[C@@H]2[C@@H](CC(CO[Si](c3ccccc3)(c3ccccc3)C(C)(C)C)=C([C@H](O)CC/C(C)=C/c3ccccc3O)[C@@H]2CO)C1=O. The van der Waals surface area contributed by atoms with Crippen LogP contribution in [0.1, 0.15) is 65.9 Å². The maximum absolute atomic E-state index is 13.7. The van der Waals surface area contributed by atoms with Gasteiger partial charge in [-0.3, -0.25) is 14.5 Å². The first-order chi connectivity index (χ1) is 23.4. The van der Waals surface area contributed by atoms with Gasteiger partial charge in [0.05, 0.1) is 31.2 Å². The molecule has 4 atom stereocenters. The third-order valence-corrected chi connectivity index (χ3v) is 15.3. The Morgan fingerprint density at radius 1 is 0.959 bits per heavy atom. The second kappa shape index (κ2) is 15.4. The standard InChI is InChI=1S/C41H51NO6Si/c1-6-23-42-39(46)33-25-30(27-48-49(41(3,4)5,31-16-9-7-10-17-31)32-18-11-8-12-19-32)37(34(26-43)38(33)40(42)47)36(45)22-21-28(2)24-29-15-13-14-20-35(29)44/h7-20,24,33-34,36,38,43-45H,6,21-23,25-27H2,1-5H3/b28-24+/t33-,34+,36-,38-/m1/s1. The van der Waals surface area contributed by atoms with Crippen LogP contribution in [0.25, 0.3) is 6.08 Å². The molecule has 0 bridgehead atoms. The number of benzene rings is 3. The largest absolute Gasteiger partial charge is 0.507 e. The summed E-state index contributed by atoms with van der Waals surface area (Å²) in [4.78, 5) is 28.8. The highest BCUT2D eigenvalue weighted by molar-refractivity contribution is 6.99. The van der Waals surface area contributed by atoms with Crippen LogP contribution in [0.4, 0.5) is 0 Å². The number of hydrogen-bond acceptors (Lipinski definition) is 6. The number of nitrogens with zero attached hydrogens (tertiary/aromatic N) is 1. The normalized spacial score (nSPS) is 20.9. The summed E-state index contributed by atoms with van der Waals surface area (Å²) in [6.07, 6.45) is 2.77. The first kappa shape index (κ1) is 36.5. The van der Waals surface area contributed by atoms with Gasteiger partial charge in [-0.25, -0.2) is 0 Å². The number of aromatic hydroxyl groups is 1. The van der Waals surface area contributed by atoms with Gasteiger partial charge in [-0.05, 0) is 65.2 Å². The molecule has 260 valence electrons. The summed E-state index contributed by atoms with van der Waals surface area (Å²) in [5, 5.41) is 35.1. The van der Waals surface area contributed by atoms with Crippen LogP contribution in [0.2, 0.25) is 5.04 Å². The second-order valence-corrected chi connectivity index (χ2v) is 18.9. The summed E-state index contributed by atoms with van der Waals surface area (Å²) in [5.41, 5.74) is 3.09. The van der Waals surface area contributed by atoms with Gasteiger partial charge < -0.3 is 19.7 Å². The van der Waals surface area contributed by atoms with Crippen molar-refractivity contribution in [3.63, 3.8) is 0 Å². The van der Waals surface area contributed by atoms with E-state index < -0.39 is 32.2 Å². The number of likely N-dealkylation sites (tertiary alicyclic amines) is 1. The molecule has 49 heavy (non-hydrogen) atoms. The average molecular weight is 682 g/mol. The molecule has 1 aliphatic carbocycles. The van der Waals surface area contributed by atoms with Crippen molar-refractivity contribution in [2.24, 2.45) is 17.8 Å². The summed E-state index contributed by atoms with van der Waals surface area (Å²) in [5.74, 6) is -2.30. The van der Waals surface area contributed by atoms with E-state index in [9.17, 15) is 24.9 Å². The van der Waals surface area contributed by atoms with Gasteiger partial charge in [0.25, 0.3) is 8.32 Å². The zero-order valence-electron chi connectivity index (χ0n) is 29.4. The van der Waals surface area contributed by atoms with Crippen LogP contribution >= 0.6 is 0 Å². The Bertz CT molecular complexity index is 1640. The number of aliphatic hydroxyl groups is 2. The van der Waals surface area contributed by atoms with Gasteiger partial charge in [-0.1, -0.05) is 118 Å². The van der Waals surface area contributed by atoms with Crippen molar-refractivity contribution in [1.82, 2.24) is 4.90 Å². The number of fused-ring (bicyclic) bond motifs is 1. The molecule has 1 heterocycles. The van der Waals surface area contributed by atoms with Gasteiger partial charge in [-0.15, -0.1) is 0 Å². The van der Waals surface area contributed by atoms with E-state index in [0.717, 1.165) is 21.5 Å². The van der Waals surface area contributed by atoms with Crippen molar-refractivity contribution < 1.29 is 29.3 Å². The van der Waals surface area contributed by atoms with Crippen molar-refractivity contribution in [3.05, 3.63) is 107 Å². The van der Waals surface area contributed by atoms with E-state index in [1.165, 1.54) is 4.90 Å². The molecule has 1 fully saturated rings. The molecular formula is C41H51NO6Si. The molecule has 3 N–H and O–H groups in total. The van der Waals surface area contributed by atoms with Gasteiger partial charge in [0, 0.05) is 18.0 Å². The maximum atomic E-state index is 13.7. The molecule has 3 aromatic rings. The fourth-order valence-electron chi connectivity index (χ4n) is 8.03. The molecule has 8 heteroatoms. The van der Waals surface area contributed by atoms with Crippen molar-refractivity contribution in [1.29, 1.82) is 0 Å². The van der Waals surface area contributed by atoms with Crippen LogP contribution in [-0.4, -0.2) is 66.2 Å². The molecular weight excluding hydrogens is 631 g/mol. The molecule has 2 amide bonds. The summed E-state index contributed by atoms with van der Waals surface area (Å²) in [6.45, 7) is 10.7. The lowest BCUT2D eigenvalue weighted by molar-refractivity contribution is -0.140. The number of hydrogen-bond donors (Lipinski definition) is 3. The number of phenolic OH excluding ortho intramolecular Hbond substituents is 1. The summed E-state index contributed by atoms with van der Waals surface area (Å²) in [6, 6.07) is 27.8. The fourth-order valence-corrected chi connectivity index (χ4v) is 12.6. The van der Waals surface area contributed by atoms with Crippen LogP contribution in [0.5, 0.6) is 5.75 Å². The fraction of sp³-hybridized carbons (Fsp3) is 0.415. The van der Waals surface area contributed by atoms with E-state index in [1.807, 2.05) is 68.5 Å².